The lowest BCUT2D eigenvalue weighted by Gasteiger charge is -2.28. The molecule has 1 N–H and O–H groups in total. The van der Waals surface area contributed by atoms with Crippen LogP contribution in [-0.4, -0.2) is 50.3 Å². The van der Waals surface area contributed by atoms with Crippen LogP contribution in [0.1, 0.15) is 32.1 Å². The van der Waals surface area contributed by atoms with Gasteiger partial charge in [-0.05, 0) is 26.3 Å². The third-order valence-corrected chi connectivity index (χ3v) is 3.76. The molecule has 1 unspecified atom stereocenters. The van der Waals surface area contributed by atoms with Gasteiger partial charge >= 0.3 is 0 Å². The fourth-order valence-electron chi connectivity index (χ4n) is 2.68. The zero-order valence-corrected chi connectivity index (χ0v) is 9.87. The van der Waals surface area contributed by atoms with Gasteiger partial charge in [0.2, 0.25) is 0 Å². The summed E-state index contributed by atoms with van der Waals surface area (Å²) < 4.78 is 5.70. The lowest BCUT2D eigenvalue weighted by molar-refractivity contribution is 0.0166. The van der Waals surface area contributed by atoms with E-state index in [0.29, 0.717) is 6.10 Å². The molecule has 0 amide bonds. The first-order valence-electron chi connectivity index (χ1n) is 6.39. The van der Waals surface area contributed by atoms with Crippen molar-refractivity contribution in [1.82, 2.24) is 10.2 Å². The van der Waals surface area contributed by atoms with E-state index < -0.39 is 0 Å². The minimum Gasteiger partial charge on any atom is -0.376 e. The minimum atomic E-state index is 0.447. The molecule has 1 aliphatic heterocycles. The molecular formula is C12H24N2O. The Kier molecular flexibility index (Phi) is 4.42. The molecule has 2 aliphatic rings. The van der Waals surface area contributed by atoms with Gasteiger partial charge in [-0.3, -0.25) is 0 Å². The SMILES string of the molecule is CN(CCC1CNCCO1)C1CCCC1. The van der Waals surface area contributed by atoms with Crippen molar-refractivity contribution in [3.05, 3.63) is 0 Å². The Bertz CT molecular complexity index is 174. The molecule has 0 aromatic rings. The molecule has 1 saturated heterocycles. The molecule has 0 aromatic heterocycles. The summed E-state index contributed by atoms with van der Waals surface area (Å²) in [5, 5.41) is 3.38. The van der Waals surface area contributed by atoms with Crippen LogP contribution in [0.15, 0.2) is 0 Å². The summed E-state index contributed by atoms with van der Waals surface area (Å²) in [7, 11) is 2.27. The number of nitrogens with zero attached hydrogens (tertiary/aromatic N) is 1. The Morgan fingerprint density at radius 2 is 2.13 bits per heavy atom. The third kappa shape index (κ3) is 3.44. The number of ether oxygens (including phenoxy) is 1. The summed E-state index contributed by atoms with van der Waals surface area (Å²) in [4.78, 5) is 2.53. The summed E-state index contributed by atoms with van der Waals surface area (Å²) in [5.74, 6) is 0. The van der Waals surface area contributed by atoms with E-state index in [0.717, 1.165) is 25.7 Å². The van der Waals surface area contributed by atoms with Crippen molar-refractivity contribution < 1.29 is 4.74 Å². The van der Waals surface area contributed by atoms with Crippen molar-refractivity contribution in [2.24, 2.45) is 0 Å². The van der Waals surface area contributed by atoms with Crippen LogP contribution in [0.25, 0.3) is 0 Å². The molecule has 1 heterocycles. The van der Waals surface area contributed by atoms with Crippen LogP contribution in [0.4, 0.5) is 0 Å². The van der Waals surface area contributed by atoms with Crippen molar-refractivity contribution in [2.75, 3.05) is 33.3 Å². The van der Waals surface area contributed by atoms with Crippen LogP contribution < -0.4 is 5.32 Å². The van der Waals surface area contributed by atoms with Crippen molar-refractivity contribution >= 4 is 0 Å². The van der Waals surface area contributed by atoms with Crippen LogP contribution >= 0.6 is 0 Å². The predicted molar refractivity (Wildman–Crippen MR) is 62.1 cm³/mol. The standard InChI is InChI=1S/C12H24N2O/c1-14(11-4-2-3-5-11)8-6-12-10-13-7-9-15-12/h11-13H,2-10H2,1H3. The average molecular weight is 212 g/mol. The zero-order chi connectivity index (χ0) is 10.5. The van der Waals surface area contributed by atoms with Crippen LogP contribution in [0, 0.1) is 0 Å². The molecule has 0 radical (unpaired) electrons. The van der Waals surface area contributed by atoms with E-state index >= 15 is 0 Å². The first-order chi connectivity index (χ1) is 7.36. The van der Waals surface area contributed by atoms with Gasteiger partial charge in [-0.2, -0.15) is 0 Å². The van der Waals surface area contributed by atoms with Gasteiger partial charge in [0.25, 0.3) is 0 Å². The average Bonchev–Trinajstić information content (AvgIpc) is 2.81. The Hall–Kier alpha value is -0.120. The van der Waals surface area contributed by atoms with E-state index in [1.165, 1.54) is 38.6 Å². The van der Waals surface area contributed by atoms with Crippen LogP contribution in [-0.2, 0) is 4.74 Å². The fourth-order valence-corrected chi connectivity index (χ4v) is 2.68. The quantitative estimate of drug-likeness (QED) is 0.759. The van der Waals surface area contributed by atoms with Crippen molar-refractivity contribution in [1.29, 1.82) is 0 Å². The smallest absolute Gasteiger partial charge is 0.0712 e. The van der Waals surface area contributed by atoms with Gasteiger partial charge in [-0.15, -0.1) is 0 Å². The molecule has 0 spiro atoms. The highest BCUT2D eigenvalue weighted by atomic mass is 16.5. The van der Waals surface area contributed by atoms with Crippen molar-refractivity contribution in [2.45, 2.75) is 44.2 Å². The number of hydrogen-bond donors (Lipinski definition) is 1. The van der Waals surface area contributed by atoms with Crippen molar-refractivity contribution in [3.63, 3.8) is 0 Å². The van der Waals surface area contributed by atoms with Gasteiger partial charge in [0.1, 0.15) is 0 Å². The van der Waals surface area contributed by atoms with E-state index in [9.17, 15) is 0 Å². The second kappa shape index (κ2) is 5.83. The Morgan fingerprint density at radius 3 is 2.80 bits per heavy atom. The monoisotopic (exact) mass is 212 g/mol. The second-order valence-electron chi connectivity index (χ2n) is 4.90. The van der Waals surface area contributed by atoms with E-state index in [1.54, 1.807) is 0 Å². The van der Waals surface area contributed by atoms with E-state index in [2.05, 4.69) is 17.3 Å². The zero-order valence-electron chi connectivity index (χ0n) is 9.87. The van der Waals surface area contributed by atoms with Crippen LogP contribution in [0.3, 0.4) is 0 Å². The first kappa shape index (κ1) is 11.4. The number of hydrogen-bond acceptors (Lipinski definition) is 3. The van der Waals surface area contributed by atoms with Gasteiger partial charge in [0.05, 0.1) is 12.7 Å². The van der Waals surface area contributed by atoms with Gasteiger partial charge in [0, 0.05) is 25.7 Å². The van der Waals surface area contributed by atoms with E-state index in [-0.39, 0.29) is 0 Å². The molecule has 2 fully saturated rings. The van der Waals surface area contributed by atoms with E-state index in [4.69, 9.17) is 4.74 Å². The summed E-state index contributed by atoms with van der Waals surface area (Å²) in [6.07, 6.45) is 7.29. The Balaban J connectivity index is 1.63. The number of rotatable bonds is 4. The highest BCUT2D eigenvalue weighted by Gasteiger charge is 2.20. The molecule has 3 heteroatoms. The van der Waals surface area contributed by atoms with Gasteiger partial charge < -0.3 is 15.0 Å². The number of morpholine rings is 1. The second-order valence-corrected chi connectivity index (χ2v) is 4.90. The molecule has 88 valence electrons. The topological polar surface area (TPSA) is 24.5 Å². The molecule has 2 rings (SSSR count). The molecule has 1 saturated carbocycles. The summed E-state index contributed by atoms with van der Waals surface area (Å²) in [6, 6.07) is 0.849. The van der Waals surface area contributed by atoms with Gasteiger partial charge in [-0.25, -0.2) is 0 Å². The highest BCUT2D eigenvalue weighted by molar-refractivity contribution is 4.76. The molecule has 0 bridgehead atoms. The molecule has 1 atom stereocenters. The summed E-state index contributed by atoms with van der Waals surface area (Å²) >= 11 is 0. The van der Waals surface area contributed by atoms with Crippen LogP contribution in [0.5, 0.6) is 0 Å². The Labute approximate surface area is 93.2 Å². The lowest BCUT2D eigenvalue weighted by atomic mass is 10.1. The van der Waals surface area contributed by atoms with Gasteiger partial charge in [-0.1, -0.05) is 12.8 Å². The largest absolute Gasteiger partial charge is 0.376 e. The molecule has 0 aromatic carbocycles. The van der Waals surface area contributed by atoms with Crippen LogP contribution in [0.2, 0.25) is 0 Å². The fraction of sp³-hybridized carbons (Fsp3) is 1.00. The highest BCUT2D eigenvalue weighted by Crippen LogP contribution is 2.22. The maximum Gasteiger partial charge on any atom is 0.0712 e. The summed E-state index contributed by atoms with van der Waals surface area (Å²) in [5.41, 5.74) is 0. The van der Waals surface area contributed by atoms with E-state index in [1.807, 2.05) is 0 Å². The predicted octanol–water partition coefficient (Wildman–Crippen LogP) is 1.24. The molecule has 15 heavy (non-hydrogen) atoms. The lowest BCUT2D eigenvalue weighted by Crippen LogP contribution is -2.41. The van der Waals surface area contributed by atoms with Gasteiger partial charge in [0.15, 0.2) is 0 Å². The summed E-state index contributed by atoms with van der Waals surface area (Å²) in [6.45, 7) is 4.14. The molecular weight excluding hydrogens is 188 g/mol. The maximum atomic E-state index is 5.70. The molecule has 1 aliphatic carbocycles. The minimum absolute atomic E-state index is 0.447. The Morgan fingerprint density at radius 1 is 1.33 bits per heavy atom. The number of nitrogens with one attached hydrogen (secondary N) is 1. The first-order valence-corrected chi connectivity index (χ1v) is 6.39. The normalized spacial score (nSPS) is 28.8. The third-order valence-electron chi connectivity index (χ3n) is 3.76. The molecule has 3 nitrogen and oxygen atoms in total. The van der Waals surface area contributed by atoms with Crippen molar-refractivity contribution in [3.8, 4) is 0 Å². The maximum absolute atomic E-state index is 5.70.